The van der Waals surface area contributed by atoms with E-state index in [1.165, 1.54) is 33.4 Å². The van der Waals surface area contributed by atoms with Crippen molar-refractivity contribution in [2.24, 2.45) is 0 Å². The lowest BCUT2D eigenvalue weighted by molar-refractivity contribution is 0.653. The molecular formula is C38H25BN2O. The largest absolute Gasteiger partial charge is 0.470 e. The van der Waals surface area contributed by atoms with E-state index in [0.29, 0.717) is 0 Å². The highest BCUT2D eigenvalue weighted by atomic mass is 16.3. The van der Waals surface area contributed by atoms with Crippen LogP contribution in [0.3, 0.4) is 0 Å². The zero-order valence-corrected chi connectivity index (χ0v) is 22.8. The molecule has 0 atom stereocenters. The van der Waals surface area contributed by atoms with Gasteiger partial charge in [-0.2, -0.15) is 0 Å². The molecule has 2 aliphatic rings. The Hall–Kier alpha value is -5.48. The van der Waals surface area contributed by atoms with Crippen LogP contribution in [0.4, 0.5) is 34.1 Å². The van der Waals surface area contributed by atoms with Gasteiger partial charge in [-0.1, -0.05) is 84.9 Å². The summed E-state index contributed by atoms with van der Waals surface area (Å²) in [4.78, 5) is 4.68. The highest BCUT2D eigenvalue weighted by Crippen LogP contribution is 2.44. The second-order valence-corrected chi connectivity index (χ2v) is 10.9. The number of nitrogens with zero attached hydrogens (tertiary/aromatic N) is 2. The number of anilines is 6. The van der Waals surface area contributed by atoms with Crippen LogP contribution in [-0.2, 0) is 0 Å². The number of fused-ring (bicyclic) bond motifs is 7. The van der Waals surface area contributed by atoms with E-state index < -0.39 is 0 Å². The van der Waals surface area contributed by atoms with Crippen molar-refractivity contribution in [2.75, 3.05) is 9.80 Å². The molecule has 3 heterocycles. The molecule has 1 aromatic heterocycles. The first-order valence-corrected chi connectivity index (χ1v) is 14.4. The Morgan fingerprint density at radius 3 is 1.93 bits per heavy atom. The van der Waals surface area contributed by atoms with Gasteiger partial charge < -0.3 is 14.2 Å². The topological polar surface area (TPSA) is 19.6 Å². The van der Waals surface area contributed by atoms with Crippen LogP contribution in [0.25, 0.3) is 22.1 Å². The van der Waals surface area contributed by atoms with Crippen molar-refractivity contribution in [3.63, 3.8) is 0 Å². The van der Waals surface area contributed by atoms with Gasteiger partial charge in [0.05, 0.1) is 5.66 Å². The molecular weight excluding hydrogens is 511 g/mol. The van der Waals surface area contributed by atoms with Crippen molar-refractivity contribution in [2.45, 2.75) is 0 Å². The van der Waals surface area contributed by atoms with Crippen molar-refractivity contribution >= 4 is 68.4 Å². The Bertz CT molecular complexity index is 2070. The van der Waals surface area contributed by atoms with E-state index in [1.54, 1.807) is 0 Å². The molecule has 0 aliphatic carbocycles. The lowest BCUT2D eigenvalue weighted by Gasteiger charge is -2.35. The lowest BCUT2D eigenvalue weighted by atomic mass is 9.39. The van der Waals surface area contributed by atoms with E-state index in [0.717, 1.165) is 39.4 Å². The van der Waals surface area contributed by atoms with Gasteiger partial charge in [0.1, 0.15) is 5.58 Å². The molecule has 6 aromatic carbocycles. The third-order valence-corrected chi connectivity index (χ3v) is 8.64. The molecule has 0 radical (unpaired) electrons. The SMILES string of the molecule is c1ccc(N(c2ccccc2)c2ccc3c4c(oc3c2)B2c3ccccc3N(c3ccccc3)c3cccc-4c32)cc1. The summed E-state index contributed by atoms with van der Waals surface area (Å²) in [5, 5.41) is 1.15. The molecule has 2 aliphatic heterocycles. The molecule has 9 rings (SSSR count). The van der Waals surface area contributed by atoms with Crippen molar-refractivity contribution in [3.8, 4) is 11.1 Å². The highest BCUT2D eigenvalue weighted by molar-refractivity contribution is 7.01. The van der Waals surface area contributed by atoms with E-state index in [1.807, 2.05) is 0 Å². The molecule has 0 saturated carbocycles. The summed E-state index contributed by atoms with van der Waals surface area (Å²) in [6.07, 6.45) is 0. The van der Waals surface area contributed by atoms with Gasteiger partial charge in [0.2, 0.25) is 0 Å². The van der Waals surface area contributed by atoms with E-state index in [-0.39, 0.29) is 6.71 Å². The molecule has 7 aromatic rings. The van der Waals surface area contributed by atoms with Crippen molar-refractivity contribution in [1.82, 2.24) is 0 Å². The first-order valence-electron chi connectivity index (χ1n) is 14.4. The number of furan rings is 1. The van der Waals surface area contributed by atoms with Gasteiger partial charge >= 0.3 is 0 Å². The van der Waals surface area contributed by atoms with E-state index in [9.17, 15) is 0 Å². The van der Waals surface area contributed by atoms with Gasteiger partial charge in [-0.25, -0.2) is 0 Å². The quantitative estimate of drug-likeness (QED) is 0.212. The summed E-state index contributed by atoms with van der Waals surface area (Å²) >= 11 is 0. The zero-order valence-electron chi connectivity index (χ0n) is 22.8. The van der Waals surface area contributed by atoms with Crippen LogP contribution in [-0.4, -0.2) is 6.71 Å². The minimum atomic E-state index is 0.0533. The van der Waals surface area contributed by atoms with Crippen LogP contribution in [0.5, 0.6) is 0 Å². The molecule has 0 fully saturated rings. The van der Waals surface area contributed by atoms with Crippen molar-refractivity contribution < 1.29 is 4.42 Å². The van der Waals surface area contributed by atoms with Crippen LogP contribution in [0.2, 0.25) is 0 Å². The standard InChI is InChI=1S/C38H25BN2O/c1-4-13-26(14-5-1)40(27-15-6-2-7-16-27)29-23-24-30-35(25-29)42-38-36(30)31-19-12-22-34-37(31)39(38)32-20-10-11-21-33(32)41(34)28-17-8-3-9-18-28/h1-25H. The zero-order chi connectivity index (χ0) is 27.6. The monoisotopic (exact) mass is 536 g/mol. The maximum atomic E-state index is 6.90. The minimum Gasteiger partial charge on any atom is -0.470 e. The van der Waals surface area contributed by atoms with Gasteiger partial charge in [-0.05, 0) is 77.2 Å². The Labute approximate surface area is 245 Å². The van der Waals surface area contributed by atoms with Gasteiger partial charge in [0.15, 0.2) is 0 Å². The maximum Gasteiger partial charge on any atom is 0.293 e. The molecule has 0 bridgehead atoms. The predicted octanol–water partition coefficient (Wildman–Crippen LogP) is 8.18. The molecule has 0 N–H and O–H groups in total. The second kappa shape index (κ2) is 9.02. The molecule has 4 heteroatoms. The molecule has 42 heavy (non-hydrogen) atoms. The molecule has 0 spiro atoms. The molecule has 0 amide bonds. The Morgan fingerprint density at radius 2 is 1.19 bits per heavy atom. The summed E-state index contributed by atoms with van der Waals surface area (Å²) in [5.41, 5.74) is 13.9. The lowest BCUT2D eigenvalue weighted by Crippen LogP contribution is -2.54. The van der Waals surface area contributed by atoms with Crippen LogP contribution >= 0.6 is 0 Å². The fourth-order valence-electron chi connectivity index (χ4n) is 6.94. The first-order chi connectivity index (χ1) is 20.9. The van der Waals surface area contributed by atoms with Gasteiger partial charge in [-0.3, -0.25) is 0 Å². The van der Waals surface area contributed by atoms with Crippen molar-refractivity contribution in [1.29, 1.82) is 0 Å². The number of hydrogen-bond acceptors (Lipinski definition) is 3. The normalized spacial score (nSPS) is 12.7. The maximum absolute atomic E-state index is 6.90. The van der Waals surface area contributed by atoms with Gasteiger partial charge in [0, 0.05) is 51.1 Å². The van der Waals surface area contributed by atoms with Crippen LogP contribution in [0, 0.1) is 0 Å². The van der Waals surface area contributed by atoms with E-state index >= 15 is 0 Å². The summed E-state index contributed by atoms with van der Waals surface area (Å²) < 4.78 is 6.90. The first kappa shape index (κ1) is 23.3. The summed E-state index contributed by atoms with van der Waals surface area (Å²) in [6, 6.07) is 53.8. The molecule has 196 valence electrons. The third kappa shape index (κ3) is 3.29. The van der Waals surface area contributed by atoms with E-state index in [2.05, 4.69) is 161 Å². The smallest absolute Gasteiger partial charge is 0.293 e. The minimum absolute atomic E-state index is 0.0533. The van der Waals surface area contributed by atoms with E-state index in [4.69, 9.17) is 4.42 Å². The fourth-order valence-corrected chi connectivity index (χ4v) is 6.94. The van der Waals surface area contributed by atoms with Gasteiger partial charge in [-0.15, -0.1) is 0 Å². The van der Waals surface area contributed by atoms with Crippen molar-refractivity contribution in [3.05, 3.63) is 152 Å². The molecule has 0 saturated heterocycles. The summed E-state index contributed by atoms with van der Waals surface area (Å²) in [7, 11) is 0. The molecule has 3 nitrogen and oxygen atoms in total. The third-order valence-electron chi connectivity index (χ3n) is 8.64. The Balaban J connectivity index is 1.25. The Kier molecular flexibility index (Phi) is 4.99. The Morgan fingerprint density at radius 1 is 0.548 bits per heavy atom. The fraction of sp³-hybridized carbons (Fsp3) is 0. The van der Waals surface area contributed by atoms with Crippen LogP contribution < -0.4 is 26.4 Å². The molecule has 0 unspecified atom stereocenters. The average molecular weight is 536 g/mol. The average Bonchev–Trinajstić information content (AvgIpc) is 3.58. The highest BCUT2D eigenvalue weighted by Gasteiger charge is 2.45. The number of para-hydroxylation sites is 4. The summed E-state index contributed by atoms with van der Waals surface area (Å²) in [5.74, 6) is 0. The summed E-state index contributed by atoms with van der Waals surface area (Å²) in [6.45, 7) is 0.0533. The van der Waals surface area contributed by atoms with Crippen LogP contribution in [0.1, 0.15) is 0 Å². The number of benzene rings is 6. The number of rotatable bonds is 4. The predicted molar refractivity (Wildman–Crippen MR) is 176 cm³/mol. The number of hydrogen-bond donors (Lipinski definition) is 0. The second-order valence-electron chi connectivity index (χ2n) is 10.9. The van der Waals surface area contributed by atoms with Crippen LogP contribution in [0.15, 0.2) is 156 Å². The van der Waals surface area contributed by atoms with Gasteiger partial charge in [0.25, 0.3) is 6.71 Å².